The summed E-state index contributed by atoms with van der Waals surface area (Å²) in [6.07, 6.45) is 4.63. The van der Waals surface area contributed by atoms with E-state index in [-0.39, 0.29) is 11.8 Å². The highest BCUT2D eigenvalue weighted by molar-refractivity contribution is 5.81. The quantitative estimate of drug-likeness (QED) is 0.503. The van der Waals surface area contributed by atoms with Crippen LogP contribution in [0.4, 0.5) is 0 Å². The van der Waals surface area contributed by atoms with E-state index >= 15 is 0 Å². The van der Waals surface area contributed by atoms with Crippen molar-refractivity contribution in [3.63, 3.8) is 0 Å². The topological polar surface area (TPSA) is 42.9 Å². The molecule has 0 aliphatic carbocycles. The Kier molecular flexibility index (Phi) is 3.98. The van der Waals surface area contributed by atoms with E-state index in [1.807, 2.05) is 36.4 Å². The molecule has 2 atom stereocenters. The fourth-order valence-electron chi connectivity index (χ4n) is 3.37. The second-order valence-corrected chi connectivity index (χ2v) is 6.36. The van der Waals surface area contributed by atoms with E-state index in [1.54, 1.807) is 12.4 Å². The Hall–Kier alpha value is -3.07. The minimum atomic E-state index is -0.196. The molecular formula is C22H18N2O. The summed E-state index contributed by atoms with van der Waals surface area (Å²) in [7, 11) is 0. The highest BCUT2D eigenvalue weighted by Crippen LogP contribution is 2.33. The third kappa shape index (κ3) is 2.89. The summed E-state index contributed by atoms with van der Waals surface area (Å²) in [4.78, 5) is 20.6. The number of carbonyl (C=O) groups is 1. The fraction of sp³-hybridized carbons (Fsp3) is 0.136. The molecule has 25 heavy (non-hydrogen) atoms. The van der Waals surface area contributed by atoms with Crippen LogP contribution in [0.2, 0.25) is 0 Å². The van der Waals surface area contributed by atoms with Gasteiger partial charge >= 0.3 is 0 Å². The summed E-state index contributed by atoms with van der Waals surface area (Å²) in [6, 6.07) is 20.2. The summed E-state index contributed by atoms with van der Waals surface area (Å²) >= 11 is 0. The Morgan fingerprint density at radius 2 is 1.36 bits per heavy atom. The molecule has 0 radical (unpaired) electrons. The molecule has 0 fully saturated rings. The molecule has 0 aliphatic rings. The van der Waals surface area contributed by atoms with E-state index < -0.39 is 0 Å². The summed E-state index contributed by atoms with van der Waals surface area (Å²) in [6.45, 7) is 2.10. The molecule has 0 spiro atoms. The number of rotatable bonds is 4. The van der Waals surface area contributed by atoms with Crippen LogP contribution in [0.25, 0.3) is 21.8 Å². The van der Waals surface area contributed by atoms with Gasteiger partial charge in [0.15, 0.2) is 0 Å². The lowest BCUT2D eigenvalue weighted by Crippen LogP contribution is -2.10. The maximum absolute atomic E-state index is 11.9. The second-order valence-electron chi connectivity index (χ2n) is 6.36. The van der Waals surface area contributed by atoms with E-state index in [4.69, 9.17) is 0 Å². The van der Waals surface area contributed by atoms with E-state index in [2.05, 4.69) is 41.2 Å². The number of aldehydes is 1. The van der Waals surface area contributed by atoms with Gasteiger partial charge in [-0.25, -0.2) is 0 Å². The molecule has 3 heteroatoms. The predicted molar refractivity (Wildman–Crippen MR) is 101 cm³/mol. The van der Waals surface area contributed by atoms with Crippen molar-refractivity contribution in [1.29, 1.82) is 0 Å². The molecule has 2 unspecified atom stereocenters. The van der Waals surface area contributed by atoms with E-state index in [9.17, 15) is 4.79 Å². The largest absolute Gasteiger partial charge is 0.303 e. The van der Waals surface area contributed by atoms with E-state index in [0.717, 1.165) is 39.2 Å². The van der Waals surface area contributed by atoms with Gasteiger partial charge in [0.25, 0.3) is 0 Å². The Balaban J connectivity index is 1.73. The third-order valence-corrected chi connectivity index (χ3v) is 4.85. The third-order valence-electron chi connectivity index (χ3n) is 4.85. The van der Waals surface area contributed by atoms with Gasteiger partial charge in [0.2, 0.25) is 0 Å². The molecule has 2 heterocycles. The first-order valence-corrected chi connectivity index (χ1v) is 8.41. The molecule has 0 aliphatic heterocycles. The SMILES string of the molecule is CC(c1ccc2ncccc2c1)C(C=O)c1ccc2ncccc2c1. The fourth-order valence-corrected chi connectivity index (χ4v) is 3.37. The minimum absolute atomic E-state index is 0.0798. The minimum Gasteiger partial charge on any atom is -0.303 e. The number of fused-ring (bicyclic) bond motifs is 2. The van der Waals surface area contributed by atoms with Crippen LogP contribution >= 0.6 is 0 Å². The van der Waals surface area contributed by atoms with Crippen molar-refractivity contribution >= 4 is 28.1 Å². The number of carbonyl (C=O) groups excluding carboxylic acids is 1. The zero-order chi connectivity index (χ0) is 17.2. The zero-order valence-electron chi connectivity index (χ0n) is 14.0. The van der Waals surface area contributed by atoms with Crippen molar-refractivity contribution < 1.29 is 4.79 Å². The Morgan fingerprint density at radius 3 is 1.96 bits per heavy atom. The van der Waals surface area contributed by atoms with Gasteiger partial charge in [-0.2, -0.15) is 0 Å². The molecule has 0 bridgehead atoms. The number of hydrogen-bond donors (Lipinski definition) is 0. The Bertz CT molecular complexity index is 1060. The Labute approximate surface area is 146 Å². The molecule has 4 rings (SSSR count). The van der Waals surface area contributed by atoms with Gasteiger partial charge in [0.05, 0.1) is 11.0 Å². The summed E-state index contributed by atoms with van der Waals surface area (Å²) in [5.74, 6) is -0.116. The number of pyridine rings is 2. The first kappa shape index (κ1) is 15.5. The van der Waals surface area contributed by atoms with Gasteiger partial charge in [-0.3, -0.25) is 9.97 Å². The Morgan fingerprint density at radius 1 is 0.800 bits per heavy atom. The smallest absolute Gasteiger partial charge is 0.128 e. The maximum atomic E-state index is 11.9. The van der Waals surface area contributed by atoms with Gasteiger partial charge in [0.1, 0.15) is 6.29 Å². The average Bonchev–Trinajstić information content (AvgIpc) is 2.68. The summed E-state index contributed by atoms with van der Waals surface area (Å²) in [5, 5.41) is 2.15. The number of hydrogen-bond acceptors (Lipinski definition) is 3. The van der Waals surface area contributed by atoms with Crippen LogP contribution in [0, 0.1) is 0 Å². The monoisotopic (exact) mass is 326 g/mol. The van der Waals surface area contributed by atoms with Gasteiger partial charge < -0.3 is 4.79 Å². The van der Waals surface area contributed by atoms with Gasteiger partial charge in [-0.1, -0.05) is 31.2 Å². The summed E-state index contributed by atoms with van der Waals surface area (Å²) < 4.78 is 0. The van der Waals surface area contributed by atoms with Crippen molar-refractivity contribution in [2.24, 2.45) is 0 Å². The normalized spacial score (nSPS) is 13.6. The molecule has 2 aromatic carbocycles. The van der Waals surface area contributed by atoms with Crippen LogP contribution in [-0.2, 0) is 4.79 Å². The molecule has 0 saturated heterocycles. The van der Waals surface area contributed by atoms with Gasteiger partial charge in [-0.05, 0) is 53.4 Å². The lowest BCUT2D eigenvalue weighted by molar-refractivity contribution is -0.109. The molecular weight excluding hydrogens is 308 g/mol. The second kappa shape index (κ2) is 6.44. The van der Waals surface area contributed by atoms with Gasteiger partial charge in [0, 0.05) is 29.1 Å². The van der Waals surface area contributed by atoms with Crippen LogP contribution in [0.1, 0.15) is 29.9 Å². The lowest BCUT2D eigenvalue weighted by Gasteiger charge is -2.20. The van der Waals surface area contributed by atoms with Crippen LogP contribution in [0.3, 0.4) is 0 Å². The van der Waals surface area contributed by atoms with Gasteiger partial charge in [-0.15, -0.1) is 0 Å². The lowest BCUT2D eigenvalue weighted by atomic mass is 9.83. The standard InChI is InChI=1S/C22H18N2O/c1-15(16-6-8-21-18(12-16)4-2-10-23-21)20(14-25)17-7-9-22-19(13-17)5-3-11-24-22/h2-15,20H,1H3. The first-order chi connectivity index (χ1) is 12.3. The van der Waals surface area contributed by atoms with Crippen LogP contribution < -0.4 is 0 Å². The molecule has 0 amide bonds. The summed E-state index contributed by atoms with van der Waals surface area (Å²) in [5.41, 5.74) is 4.08. The van der Waals surface area contributed by atoms with E-state index in [0.29, 0.717) is 0 Å². The van der Waals surface area contributed by atoms with Crippen LogP contribution in [0.5, 0.6) is 0 Å². The highest BCUT2D eigenvalue weighted by atomic mass is 16.1. The molecule has 4 aromatic rings. The average molecular weight is 326 g/mol. The zero-order valence-corrected chi connectivity index (χ0v) is 14.0. The van der Waals surface area contributed by atoms with Crippen molar-refractivity contribution in [3.05, 3.63) is 84.2 Å². The molecule has 2 aromatic heterocycles. The number of benzene rings is 2. The highest BCUT2D eigenvalue weighted by Gasteiger charge is 2.21. The van der Waals surface area contributed by atoms with Crippen LogP contribution in [0.15, 0.2) is 73.1 Å². The predicted octanol–water partition coefficient (Wildman–Crippen LogP) is 4.87. The molecule has 122 valence electrons. The van der Waals surface area contributed by atoms with Crippen molar-refractivity contribution in [2.75, 3.05) is 0 Å². The van der Waals surface area contributed by atoms with Crippen LogP contribution in [-0.4, -0.2) is 16.3 Å². The first-order valence-electron chi connectivity index (χ1n) is 8.41. The number of aromatic nitrogens is 2. The van der Waals surface area contributed by atoms with E-state index in [1.165, 1.54) is 0 Å². The van der Waals surface area contributed by atoms with Crippen molar-refractivity contribution in [3.8, 4) is 0 Å². The van der Waals surface area contributed by atoms with Crippen molar-refractivity contribution in [2.45, 2.75) is 18.8 Å². The van der Waals surface area contributed by atoms with Crippen molar-refractivity contribution in [1.82, 2.24) is 9.97 Å². The molecule has 0 N–H and O–H groups in total. The molecule has 0 saturated carbocycles. The molecule has 3 nitrogen and oxygen atoms in total. The number of nitrogens with zero attached hydrogens (tertiary/aromatic N) is 2. The maximum Gasteiger partial charge on any atom is 0.128 e.